The average Bonchev–Trinajstić information content (AvgIpc) is 2.91. The molecule has 3 nitrogen and oxygen atoms in total. The van der Waals surface area contributed by atoms with Gasteiger partial charge in [0, 0.05) is 17.5 Å². The van der Waals surface area contributed by atoms with Crippen LogP contribution in [0.15, 0.2) is 22.7 Å². The van der Waals surface area contributed by atoms with Gasteiger partial charge in [0.15, 0.2) is 5.82 Å². The molecule has 1 saturated carbocycles. The topological polar surface area (TPSA) is 52.0 Å². The minimum Gasteiger partial charge on any atom is -0.380 e. The zero-order valence-corrected chi connectivity index (χ0v) is 9.78. The van der Waals surface area contributed by atoms with E-state index in [9.17, 15) is 8.78 Å². The van der Waals surface area contributed by atoms with Crippen molar-refractivity contribution in [3.05, 3.63) is 35.6 Å². The molecule has 2 atom stereocenters. The van der Waals surface area contributed by atoms with Gasteiger partial charge in [-0.1, -0.05) is 12.1 Å². The average molecular weight is 250 g/mol. The van der Waals surface area contributed by atoms with Gasteiger partial charge < -0.3 is 10.3 Å². The fraction of sp³-hybridized carbons (Fsp3) is 0.308. The van der Waals surface area contributed by atoms with Crippen LogP contribution in [0.2, 0.25) is 0 Å². The summed E-state index contributed by atoms with van der Waals surface area (Å²) in [5, 5.41) is 3.69. The van der Waals surface area contributed by atoms with Crippen LogP contribution < -0.4 is 5.73 Å². The van der Waals surface area contributed by atoms with E-state index in [2.05, 4.69) is 12.1 Å². The van der Waals surface area contributed by atoms with Crippen LogP contribution in [0.4, 0.5) is 14.6 Å². The zero-order valence-electron chi connectivity index (χ0n) is 9.78. The predicted octanol–water partition coefficient (Wildman–Crippen LogP) is 3.33. The van der Waals surface area contributed by atoms with E-state index in [0.29, 0.717) is 17.2 Å². The second-order valence-corrected chi connectivity index (χ2v) is 4.75. The van der Waals surface area contributed by atoms with Crippen LogP contribution in [0.3, 0.4) is 0 Å². The van der Waals surface area contributed by atoms with Crippen LogP contribution in [0, 0.1) is 17.6 Å². The largest absolute Gasteiger partial charge is 0.380 e. The van der Waals surface area contributed by atoms with E-state index in [1.54, 1.807) is 0 Å². The summed E-state index contributed by atoms with van der Waals surface area (Å²) in [6.07, 6.45) is 0.977. The van der Waals surface area contributed by atoms with Crippen LogP contribution >= 0.6 is 0 Å². The smallest absolute Gasteiger partial charge is 0.175 e. The number of nitrogens with zero attached hydrogens (tertiary/aromatic N) is 1. The standard InChI is InChI=1S/C13H12F2N2O/c1-6-4-9(6)12-11(13(16)17-18-12)8-3-2-7(14)5-10(8)15/h2-3,5-6,9H,4H2,1H3,(H2,16,17). The lowest BCUT2D eigenvalue weighted by molar-refractivity contribution is 0.384. The van der Waals surface area contributed by atoms with E-state index in [1.165, 1.54) is 12.1 Å². The summed E-state index contributed by atoms with van der Waals surface area (Å²) in [5.41, 5.74) is 6.43. The molecule has 1 aromatic heterocycles. The van der Waals surface area contributed by atoms with E-state index < -0.39 is 11.6 Å². The van der Waals surface area contributed by atoms with Gasteiger partial charge in [0.25, 0.3) is 0 Å². The monoisotopic (exact) mass is 250 g/mol. The summed E-state index contributed by atoms with van der Waals surface area (Å²) in [4.78, 5) is 0. The minimum atomic E-state index is -0.653. The van der Waals surface area contributed by atoms with Crippen LogP contribution in [0.5, 0.6) is 0 Å². The summed E-state index contributed by atoms with van der Waals surface area (Å²) in [7, 11) is 0. The maximum absolute atomic E-state index is 13.8. The van der Waals surface area contributed by atoms with Crippen molar-refractivity contribution in [2.24, 2.45) is 5.92 Å². The van der Waals surface area contributed by atoms with Gasteiger partial charge in [-0.2, -0.15) is 0 Å². The number of hydrogen-bond acceptors (Lipinski definition) is 3. The molecular weight excluding hydrogens is 238 g/mol. The fourth-order valence-electron chi connectivity index (χ4n) is 2.22. The van der Waals surface area contributed by atoms with Crippen LogP contribution in [0.25, 0.3) is 11.1 Å². The molecule has 5 heteroatoms. The Balaban J connectivity index is 2.13. The summed E-state index contributed by atoms with van der Waals surface area (Å²) < 4.78 is 31.9. The summed E-state index contributed by atoms with van der Waals surface area (Å²) in [5.74, 6) is 0.195. The van der Waals surface area contributed by atoms with Gasteiger partial charge in [0.2, 0.25) is 0 Å². The molecule has 0 amide bonds. The van der Waals surface area contributed by atoms with Crippen molar-refractivity contribution in [3.8, 4) is 11.1 Å². The van der Waals surface area contributed by atoms with Gasteiger partial charge in [-0.15, -0.1) is 0 Å². The molecule has 1 aliphatic rings. The van der Waals surface area contributed by atoms with E-state index in [-0.39, 0.29) is 17.3 Å². The zero-order chi connectivity index (χ0) is 12.9. The molecule has 1 aliphatic carbocycles. The molecule has 2 unspecified atom stereocenters. The molecule has 0 spiro atoms. The highest BCUT2D eigenvalue weighted by Crippen LogP contribution is 2.51. The lowest BCUT2D eigenvalue weighted by Crippen LogP contribution is -1.93. The highest BCUT2D eigenvalue weighted by Gasteiger charge is 2.40. The first-order valence-corrected chi connectivity index (χ1v) is 5.78. The second kappa shape index (κ2) is 3.80. The van der Waals surface area contributed by atoms with Crippen molar-refractivity contribution in [1.29, 1.82) is 0 Å². The maximum Gasteiger partial charge on any atom is 0.175 e. The number of nitrogens with two attached hydrogens (primary N) is 1. The molecular formula is C13H12F2N2O. The van der Waals surface area contributed by atoms with Gasteiger partial charge in [-0.25, -0.2) is 8.78 Å². The fourth-order valence-corrected chi connectivity index (χ4v) is 2.22. The Morgan fingerprint density at radius 2 is 2.11 bits per heavy atom. The number of benzene rings is 1. The van der Waals surface area contributed by atoms with Crippen molar-refractivity contribution in [2.45, 2.75) is 19.3 Å². The molecule has 0 bridgehead atoms. The first kappa shape index (κ1) is 11.2. The number of nitrogen functional groups attached to an aromatic ring is 1. The predicted molar refractivity (Wildman–Crippen MR) is 62.8 cm³/mol. The Kier molecular flexibility index (Phi) is 2.36. The Labute approximate surface area is 103 Å². The van der Waals surface area contributed by atoms with Gasteiger partial charge in [-0.05, 0) is 24.5 Å². The molecule has 2 N–H and O–H groups in total. The number of halogens is 2. The SMILES string of the molecule is CC1CC1c1onc(N)c1-c1ccc(F)cc1F. The minimum absolute atomic E-state index is 0.148. The summed E-state index contributed by atoms with van der Waals surface area (Å²) in [6.45, 7) is 2.08. The Morgan fingerprint density at radius 1 is 1.39 bits per heavy atom. The third-order valence-electron chi connectivity index (χ3n) is 3.39. The Morgan fingerprint density at radius 3 is 2.72 bits per heavy atom. The number of rotatable bonds is 2. The van der Waals surface area contributed by atoms with E-state index in [4.69, 9.17) is 10.3 Å². The van der Waals surface area contributed by atoms with E-state index in [0.717, 1.165) is 12.5 Å². The Hall–Kier alpha value is -1.91. The number of aromatic nitrogens is 1. The maximum atomic E-state index is 13.8. The lowest BCUT2D eigenvalue weighted by Gasteiger charge is -2.03. The second-order valence-electron chi connectivity index (χ2n) is 4.75. The summed E-state index contributed by atoms with van der Waals surface area (Å²) in [6, 6.07) is 3.40. The van der Waals surface area contributed by atoms with Crippen LogP contribution in [0.1, 0.15) is 25.0 Å². The highest BCUT2D eigenvalue weighted by atomic mass is 19.1. The van der Waals surface area contributed by atoms with Crippen molar-refractivity contribution < 1.29 is 13.3 Å². The summed E-state index contributed by atoms with van der Waals surface area (Å²) >= 11 is 0. The van der Waals surface area contributed by atoms with Crippen molar-refractivity contribution in [1.82, 2.24) is 5.16 Å². The normalized spacial score (nSPS) is 22.2. The quantitative estimate of drug-likeness (QED) is 0.889. The molecule has 18 heavy (non-hydrogen) atoms. The lowest BCUT2D eigenvalue weighted by atomic mass is 10.0. The van der Waals surface area contributed by atoms with Gasteiger partial charge in [-0.3, -0.25) is 0 Å². The molecule has 1 heterocycles. The van der Waals surface area contributed by atoms with Gasteiger partial charge in [0.05, 0.1) is 5.56 Å². The van der Waals surface area contributed by atoms with E-state index >= 15 is 0 Å². The first-order chi connectivity index (χ1) is 8.58. The van der Waals surface area contributed by atoms with Crippen molar-refractivity contribution >= 4 is 5.82 Å². The highest BCUT2D eigenvalue weighted by molar-refractivity contribution is 5.76. The van der Waals surface area contributed by atoms with Gasteiger partial charge >= 0.3 is 0 Å². The first-order valence-electron chi connectivity index (χ1n) is 5.78. The molecule has 0 radical (unpaired) electrons. The van der Waals surface area contributed by atoms with Gasteiger partial charge in [0.1, 0.15) is 17.4 Å². The Bertz CT molecular complexity index is 609. The molecule has 1 aromatic carbocycles. The number of anilines is 1. The van der Waals surface area contributed by atoms with Crippen LogP contribution in [-0.2, 0) is 0 Å². The molecule has 0 aliphatic heterocycles. The van der Waals surface area contributed by atoms with Crippen molar-refractivity contribution in [3.63, 3.8) is 0 Å². The van der Waals surface area contributed by atoms with E-state index in [1.807, 2.05) is 0 Å². The van der Waals surface area contributed by atoms with Crippen molar-refractivity contribution in [2.75, 3.05) is 5.73 Å². The molecule has 3 rings (SSSR count). The number of hydrogen-bond donors (Lipinski definition) is 1. The third-order valence-corrected chi connectivity index (χ3v) is 3.39. The third kappa shape index (κ3) is 1.66. The van der Waals surface area contributed by atoms with Crippen LogP contribution in [-0.4, -0.2) is 5.16 Å². The molecule has 94 valence electrons. The molecule has 0 saturated heterocycles. The molecule has 2 aromatic rings. The molecule has 1 fully saturated rings.